The molecule has 90 valence electrons. The van der Waals surface area contributed by atoms with Crippen LogP contribution >= 0.6 is 0 Å². The third-order valence-electron chi connectivity index (χ3n) is 2.27. The molecule has 1 saturated heterocycles. The monoisotopic (exact) mass is 233 g/mol. The summed E-state index contributed by atoms with van der Waals surface area (Å²) in [5.74, 6) is -0.0378. The molecule has 0 aliphatic carbocycles. The SMILES string of the molecule is CCOC(=O)/C(=N/Nc1ccccc1)N1CC1. The molecule has 0 unspecified atom stereocenters. The van der Waals surface area contributed by atoms with Crippen LogP contribution in [0.4, 0.5) is 5.69 Å². The van der Waals surface area contributed by atoms with Crippen molar-refractivity contribution < 1.29 is 9.53 Å². The van der Waals surface area contributed by atoms with Crippen molar-refractivity contribution in [2.75, 3.05) is 25.1 Å². The molecule has 5 nitrogen and oxygen atoms in total. The van der Waals surface area contributed by atoms with Crippen molar-refractivity contribution in [1.82, 2.24) is 4.90 Å². The van der Waals surface area contributed by atoms with Gasteiger partial charge < -0.3 is 9.64 Å². The van der Waals surface area contributed by atoms with E-state index in [-0.39, 0.29) is 5.97 Å². The number of para-hydroxylation sites is 1. The zero-order valence-electron chi connectivity index (χ0n) is 9.72. The molecule has 1 N–H and O–H groups in total. The highest BCUT2D eigenvalue weighted by atomic mass is 16.5. The highest BCUT2D eigenvalue weighted by Crippen LogP contribution is 2.09. The number of hydrogen-bond donors (Lipinski definition) is 1. The lowest BCUT2D eigenvalue weighted by molar-refractivity contribution is -0.135. The third kappa shape index (κ3) is 3.21. The smallest absolute Gasteiger partial charge is 0.375 e. The number of hydrazone groups is 1. The van der Waals surface area contributed by atoms with Crippen LogP contribution in [-0.4, -0.2) is 36.4 Å². The first-order chi connectivity index (χ1) is 8.31. The summed E-state index contributed by atoms with van der Waals surface area (Å²) in [4.78, 5) is 13.5. The average molecular weight is 233 g/mol. The largest absolute Gasteiger partial charge is 0.460 e. The van der Waals surface area contributed by atoms with Gasteiger partial charge in [-0.1, -0.05) is 18.2 Å². The first-order valence-electron chi connectivity index (χ1n) is 5.62. The predicted octanol–water partition coefficient (Wildman–Crippen LogP) is 1.29. The van der Waals surface area contributed by atoms with Crippen LogP contribution in [0.3, 0.4) is 0 Å². The molecule has 1 heterocycles. The van der Waals surface area contributed by atoms with Crippen LogP contribution in [-0.2, 0) is 9.53 Å². The number of rotatable bonds is 3. The number of ether oxygens (including phenoxy) is 1. The summed E-state index contributed by atoms with van der Waals surface area (Å²) < 4.78 is 4.94. The van der Waals surface area contributed by atoms with Gasteiger partial charge in [0.25, 0.3) is 0 Å². The van der Waals surface area contributed by atoms with E-state index in [9.17, 15) is 4.79 Å². The molecule has 17 heavy (non-hydrogen) atoms. The van der Waals surface area contributed by atoms with Gasteiger partial charge in [0.2, 0.25) is 5.84 Å². The van der Waals surface area contributed by atoms with Crippen molar-refractivity contribution in [2.24, 2.45) is 5.10 Å². The summed E-state index contributed by atoms with van der Waals surface area (Å²) in [6.07, 6.45) is 0. The lowest BCUT2D eigenvalue weighted by atomic mass is 10.3. The number of carbonyl (C=O) groups excluding carboxylic acids is 1. The fraction of sp³-hybridized carbons (Fsp3) is 0.333. The number of esters is 1. The lowest BCUT2D eigenvalue weighted by Gasteiger charge is -2.07. The zero-order valence-corrected chi connectivity index (χ0v) is 9.72. The lowest BCUT2D eigenvalue weighted by Crippen LogP contribution is -2.26. The fourth-order valence-corrected chi connectivity index (χ4v) is 1.33. The van der Waals surface area contributed by atoms with Gasteiger partial charge in [0.05, 0.1) is 12.3 Å². The number of benzene rings is 1. The van der Waals surface area contributed by atoms with E-state index in [1.165, 1.54) is 0 Å². The van der Waals surface area contributed by atoms with Gasteiger partial charge in [-0.25, -0.2) is 4.79 Å². The zero-order chi connectivity index (χ0) is 12.1. The van der Waals surface area contributed by atoms with Crippen LogP contribution in [0.25, 0.3) is 0 Å². The quantitative estimate of drug-likeness (QED) is 0.281. The van der Waals surface area contributed by atoms with Crippen LogP contribution < -0.4 is 5.43 Å². The Labute approximate surface area is 100 Å². The normalized spacial score (nSPS) is 14.4. The second-order valence-corrected chi connectivity index (χ2v) is 3.62. The van der Waals surface area contributed by atoms with Crippen molar-refractivity contribution in [3.05, 3.63) is 30.3 Å². The maximum atomic E-state index is 11.6. The van der Waals surface area contributed by atoms with Crippen LogP contribution in [0.15, 0.2) is 35.4 Å². The van der Waals surface area contributed by atoms with E-state index in [2.05, 4.69) is 10.5 Å². The van der Waals surface area contributed by atoms with Crippen LogP contribution in [0.2, 0.25) is 0 Å². The highest BCUT2D eigenvalue weighted by Gasteiger charge is 2.29. The van der Waals surface area contributed by atoms with Crippen LogP contribution in [0, 0.1) is 0 Å². The summed E-state index contributed by atoms with van der Waals surface area (Å²) in [6, 6.07) is 9.49. The number of nitrogens with zero attached hydrogens (tertiary/aromatic N) is 2. The molecule has 0 spiro atoms. The Morgan fingerprint density at radius 1 is 1.41 bits per heavy atom. The summed E-state index contributed by atoms with van der Waals surface area (Å²) in [5, 5.41) is 4.09. The average Bonchev–Trinajstić information content (AvgIpc) is 3.15. The van der Waals surface area contributed by atoms with Gasteiger partial charge in [-0.15, -0.1) is 5.10 Å². The molecule has 0 aromatic heterocycles. The number of hydrogen-bond acceptors (Lipinski definition) is 4. The van der Waals surface area contributed by atoms with Crippen molar-refractivity contribution in [2.45, 2.75) is 6.92 Å². The Hall–Kier alpha value is -2.04. The van der Waals surface area contributed by atoms with Crippen molar-refractivity contribution in [1.29, 1.82) is 0 Å². The third-order valence-corrected chi connectivity index (χ3v) is 2.27. The van der Waals surface area contributed by atoms with Crippen LogP contribution in [0.1, 0.15) is 6.92 Å². The molecule has 1 aliphatic heterocycles. The van der Waals surface area contributed by atoms with Crippen molar-refractivity contribution >= 4 is 17.5 Å². The summed E-state index contributed by atoms with van der Waals surface area (Å²) in [6.45, 7) is 3.85. The van der Waals surface area contributed by atoms with Gasteiger partial charge >= 0.3 is 5.97 Å². The minimum absolute atomic E-state index is 0.343. The van der Waals surface area contributed by atoms with Gasteiger partial charge in [0, 0.05) is 13.1 Å². The Bertz CT molecular complexity index is 413. The molecule has 5 heteroatoms. The van der Waals surface area contributed by atoms with Gasteiger partial charge in [0.1, 0.15) is 0 Å². The van der Waals surface area contributed by atoms with Crippen molar-refractivity contribution in [3.8, 4) is 0 Å². The molecular weight excluding hydrogens is 218 g/mol. The maximum absolute atomic E-state index is 11.6. The van der Waals surface area contributed by atoms with Gasteiger partial charge in [-0.05, 0) is 19.1 Å². The van der Waals surface area contributed by atoms with E-state index in [0.717, 1.165) is 18.8 Å². The predicted molar refractivity (Wildman–Crippen MR) is 65.7 cm³/mol. The van der Waals surface area contributed by atoms with Crippen LogP contribution in [0.5, 0.6) is 0 Å². The molecule has 0 saturated carbocycles. The molecule has 1 aromatic rings. The van der Waals surface area contributed by atoms with E-state index >= 15 is 0 Å². The summed E-state index contributed by atoms with van der Waals surface area (Å²) >= 11 is 0. The van der Waals surface area contributed by atoms with E-state index in [0.29, 0.717) is 12.4 Å². The molecule has 1 aliphatic rings. The molecule has 0 bridgehead atoms. The van der Waals surface area contributed by atoms with E-state index < -0.39 is 0 Å². The molecule has 0 radical (unpaired) electrons. The fourth-order valence-electron chi connectivity index (χ4n) is 1.33. The minimum atomic E-state index is -0.381. The van der Waals surface area contributed by atoms with E-state index in [1.54, 1.807) is 6.92 Å². The van der Waals surface area contributed by atoms with Gasteiger partial charge in [0.15, 0.2) is 0 Å². The summed E-state index contributed by atoms with van der Waals surface area (Å²) in [5.41, 5.74) is 3.69. The van der Waals surface area contributed by atoms with Crippen molar-refractivity contribution in [3.63, 3.8) is 0 Å². The number of nitrogens with one attached hydrogen (secondary N) is 1. The Morgan fingerprint density at radius 2 is 2.12 bits per heavy atom. The first kappa shape index (κ1) is 11.4. The number of carbonyl (C=O) groups is 1. The standard InChI is InChI=1S/C12H15N3O2/c1-2-17-12(16)11(15-8-9-15)14-13-10-6-4-3-5-7-10/h3-7,13H,2,8-9H2,1H3/b14-11-. The number of anilines is 1. The first-order valence-corrected chi connectivity index (χ1v) is 5.62. The van der Waals surface area contributed by atoms with E-state index in [4.69, 9.17) is 4.74 Å². The van der Waals surface area contributed by atoms with Gasteiger partial charge in [-0.3, -0.25) is 5.43 Å². The molecule has 1 fully saturated rings. The molecule has 1 aromatic carbocycles. The molecule has 0 atom stereocenters. The van der Waals surface area contributed by atoms with Gasteiger partial charge in [-0.2, -0.15) is 0 Å². The molecular formula is C12H15N3O2. The van der Waals surface area contributed by atoms with E-state index in [1.807, 2.05) is 35.2 Å². The molecule has 0 amide bonds. The second kappa shape index (κ2) is 5.34. The second-order valence-electron chi connectivity index (χ2n) is 3.62. The Balaban J connectivity index is 2.03. The number of amidine groups is 1. The maximum Gasteiger partial charge on any atom is 0.375 e. The topological polar surface area (TPSA) is 53.7 Å². The highest BCUT2D eigenvalue weighted by molar-refractivity contribution is 6.35. The minimum Gasteiger partial charge on any atom is -0.460 e. The molecule has 2 rings (SSSR count). The Morgan fingerprint density at radius 3 is 2.71 bits per heavy atom. The Kier molecular flexibility index (Phi) is 3.59. The summed E-state index contributed by atoms with van der Waals surface area (Å²) in [7, 11) is 0.